The summed E-state index contributed by atoms with van der Waals surface area (Å²) in [5.74, 6) is 0.832. The van der Waals surface area contributed by atoms with E-state index in [1.165, 1.54) is 0 Å². The molecule has 1 N–H and O–H groups in total. The molecule has 1 amide bonds. The third kappa shape index (κ3) is 1.23. The minimum atomic E-state index is 0.267. The number of fused-ring (bicyclic) bond motifs is 1. The van der Waals surface area contributed by atoms with E-state index in [1.54, 1.807) is 12.1 Å². The molecule has 2 aliphatic heterocycles. The summed E-state index contributed by atoms with van der Waals surface area (Å²) in [7, 11) is 0. The van der Waals surface area contributed by atoms with Crippen LogP contribution in [0.2, 0.25) is 0 Å². The van der Waals surface area contributed by atoms with Crippen molar-refractivity contribution in [3.05, 3.63) is 29.8 Å². The number of benzene rings is 1. The minimum absolute atomic E-state index is 0.267. The van der Waals surface area contributed by atoms with Crippen LogP contribution in [0.15, 0.2) is 24.3 Å². The smallest absolute Gasteiger partial charge is 0.226 e. The van der Waals surface area contributed by atoms with Gasteiger partial charge in [0.05, 0.1) is 0 Å². The highest BCUT2D eigenvalue weighted by atomic mass is 16.3. The number of para-hydroxylation sites is 1. The van der Waals surface area contributed by atoms with E-state index in [0.717, 1.165) is 18.4 Å². The first-order valence-corrected chi connectivity index (χ1v) is 5.33. The van der Waals surface area contributed by atoms with Crippen LogP contribution in [0.5, 0.6) is 5.75 Å². The zero-order valence-corrected chi connectivity index (χ0v) is 8.39. The maximum Gasteiger partial charge on any atom is 0.226 e. The van der Waals surface area contributed by atoms with Gasteiger partial charge in [0, 0.05) is 24.1 Å². The average Bonchev–Trinajstić information content (AvgIpc) is 2.60. The SMILES string of the molecule is O=C1C2CC(C2)N1Cc1ccccc1O. The number of carbonyl (C=O) groups is 1. The van der Waals surface area contributed by atoms with Crippen molar-refractivity contribution < 1.29 is 9.90 Å². The van der Waals surface area contributed by atoms with Gasteiger partial charge in [-0.25, -0.2) is 0 Å². The molecule has 1 aromatic carbocycles. The number of phenols is 1. The number of hydrogen-bond acceptors (Lipinski definition) is 2. The topological polar surface area (TPSA) is 40.5 Å². The monoisotopic (exact) mass is 203 g/mol. The lowest BCUT2D eigenvalue weighted by Crippen LogP contribution is -2.29. The summed E-state index contributed by atoms with van der Waals surface area (Å²) in [4.78, 5) is 13.6. The average molecular weight is 203 g/mol. The van der Waals surface area contributed by atoms with Gasteiger partial charge < -0.3 is 10.0 Å². The Morgan fingerprint density at radius 1 is 1.33 bits per heavy atom. The van der Waals surface area contributed by atoms with Crippen LogP contribution in [0.1, 0.15) is 18.4 Å². The first kappa shape index (κ1) is 8.77. The predicted octanol–water partition coefficient (Wildman–Crippen LogP) is 1.51. The van der Waals surface area contributed by atoms with E-state index in [2.05, 4.69) is 0 Å². The summed E-state index contributed by atoms with van der Waals surface area (Å²) in [5.41, 5.74) is 0.846. The number of nitrogens with zero attached hydrogens (tertiary/aromatic N) is 1. The van der Waals surface area contributed by atoms with Crippen LogP contribution in [-0.4, -0.2) is 22.0 Å². The van der Waals surface area contributed by atoms with Gasteiger partial charge in [0.2, 0.25) is 5.91 Å². The minimum Gasteiger partial charge on any atom is -0.508 e. The molecule has 1 saturated carbocycles. The molecule has 2 heterocycles. The molecule has 1 aromatic rings. The number of hydrogen-bond donors (Lipinski definition) is 1. The second kappa shape index (κ2) is 2.99. The maximum atomic E-state index is 11.7. The van der Waals surface area contributed by atoms with Crippen molar-refractivity contribution in [2.45, 2.75) is 25.4 Å². The third-order valence-corrected chi connectivity index (χ3v) is 3.52. The summed E-state index contributed by atoms with van der Waals surface area (Å²) in [5, 5.41) is 9.62. The maximum absolute atomic E-state index is 11.7. The van der Waals surface area contributed by atoms with Crippen molar-refractivity contribution in [3.8, 4) is 5.75 Å². The van der Waals surface area contributed by atoms with Crippen molar-refractivity contribution in [2.75, 3.05) is 0 Å². The van der Waals surface area contributed by atoms with Crippen LogP contribution in [0, 0.1) is 5.92 Å². The summed E-state index contributed by atoms with van der Waals surface area (Å²) in [6, 6.07) is 7.66. The van der Waals surface area contributed by atoms with Gasteiger partial charge in [-0.15, -0.1) is 0 Å². The lowest BCUT2D eigenvalue weighted by atomic mass is 9.86. The molecule has 78 valence electrons. The standard InChI is InChI=1S/C12H13NO2/c14-11-4-2-1-3-8(11)7-13-10-5-9(6-10)12(13)15/h1-4,9-10,14H,5-7H2. The number of carbonyl (C=O) groups excluding carboxylic acids is 1. The Hall–Kier alpha value is -1.51. The Labute approximate surface area is 88.3 Å². The molecule has 2 bridgehead atoms. The van der Waals surface area contributed by atoms with Gasteiger partial charge >= 0.3 is 0 Å². The molecule has 0 unspecified atom stereocenters. The van der Waals surface area contributed by atoms with Gasteiger partial charge in [-0.2, -0.15) is 0 Å². The fourth-order valence-electron chi connectivity index (χ4n) is 2.49. The van der Waals surface area contributed by atoms with E-state index < -0.39 is 0 Å². The van der Waals surface area contributed by atoms with Crippen molar-refractivity contribution in [1.29, 1.82) is 0 Å². The number of phenolic OH excluding ortho intramolecular Hbond substituents is 1. The van der Waals surface area contributed by atoms with E-state index in [1.807, 2.05) is 17.0 Å². The molecule has 3 aliphatic rings. The Morgan fingerprint density at radius 2 is 2.07 bits per heavy atom. The second-order valence-corrected chi connectivity index (χ2v) is 4.42. The number of amides is 1. The highest BCUT2D eigenvalue weighted by molar-refractivity contribution is 5.84. The van der Waals surface area contributed by atoms with E-state index in [9.17, 15) is 9.90 Å². The molecule has 3 nitrogen and oxygen atoms in total. The summed E-state index contributed by atoms with van der Waals surface area (Å²) in [6.45, 7) is 0.562. The first-order chi connectivity index (χ1) is 7.25. The van der Waals surface area contributed by atoms with Crippen LogP contribution in [0.25, 0.3) is 0 Å². The molecule has 0 aromatic heterocycles. The fraction of sp³-hybridized carbons (Fsp3) is 0.417. The normalized spacial score (nSPS) is 28.0. The van der Waals surface area contributed by atoms with Crippen molar-refractivity contribution in [1.82, 2.24) is 4.90 Å². The van der Waals surface area contributed by atoms with E-state index in [-0.39, 0.29) is 17.6 Å². The van der Waals surface area contributed by atoms with E-state index in [0.29, 0.717) is 12.6 Å². The quantitative estimate of drug-likeness (QED) is 0.791. The van der Waals surface area contributed by atoms with Gasteiger partial charge in [0.1, 0.15) is 5.75 Å². The number of aromatic hydroxyl groups is 1. The van der Waals surface area contributed by atoms with E-state index in [4.69, 9.17) is 0 Å². The molecular weight excluding hydrogens is 190 g/mol. The lowest BCUT2D eigenvalue weighted by molar-refractivity contribution is -0.129. The van der Waals surface area contributed by atoms with Crippen LogP contribution >= 0.6 is 0 Å². The predicted molar refractivity (Wildman–Crippen MR) is 55.2 cm³/mol. The zero-order valence-electron chi connectivity index (χ0n) is 8.39. The second-order valence-electron chi connectivity index (χ2n) is 4.42. The highest BCUT2D eigenvalue weighted by Gasteiger charge is 2.49. The summed E-state index contributed by atoms with van der Waals surface area (Å²) in [6.07, 6.45) is 2.04. The van der Waals surface area contributed by atoms with Gasteiger partial charge in [-0.05, 0) is 18.9 Å². The molecule has 0 radical (unpaired) electrons. The van der Waals surface area contributed by atoms with Crippen LogP contribution < -0.4 is 0 Å². The van der Waals surface area contributed by atoms with Crippen molar-refractivity contribution in [2.24, 2.45) is 5.92 Å². The molecule has 3 fully saturated rings. The van der Waals surface area contributed by atoms with Crippen LogP contribution in [0.4, 0.5) is 0 Å². The first-order valence-electron chi connectivity index (χ1n) is 5.33. The Bertz CT molecular complexity index is 410. The lowest BCUT2D eigenvalue weighted by Gasteiger charge is -2.25. The molecule has 2 saturated heterocycles. The molecule has 3 heteroatoms. The van der Waals surface area contributed by atoms with Gasteiger partial charge in [-0.3, -0.25) is 4.79 Å². The Morgan fingerprint density at radius 3 is 2.67 bits per heavy atom. The molecular formula is C12H13NO2. The highest BCUT2D eigenvalue weighted by Crippen LogP contribution is 2.42. The molecule has 1 aliphatic carbocycles. The van der Waals surface area contributed by atoms with Gasteiger partial charge in [-0.1, -0.05) is 18.2 Å². The molecule has 15 heavy (non-hydrogen) atoms. The van der Waals surface area contributed by atoms with Crippen LogP contribution in [-0.2, 0) is 11.3 Å². The van der Waals surface area contributed by atoms with E-state index >= 15 is 0 Å². The third-order valence-electron chi connectivity index (χ3n) is 3.52. The summed E-state index contributed by atoms with van der Waals surface area (Å²) < 4.78 is 0. The van der Waals surface area contributed by atoms with Gasteiger partial charge in [0.15, 0.2) is 0 Å². The zero-order chi connectivity index (χ0) is 10.4. The Kier molecular flexibility index (Phi) is 1.75. The van der Waals surface area contributed by atoms with Crippen LogP contribution in [0.3, 0.4) is 0 Å². The van der Waals surface area contributed by atoms with Crippen molar-refractivity contribution >= 4 is 5.91 Å². The molecule has 0 atom stereocenters. The number of rotatable bonds is 2. The Balaban J connectivity index is 1.81. The molecule has 4 rings (SSSR count). The summed E-state index contributed by atoms with van der Waals surface area (Å²) >= 11 is 0. The largest absolute Gasteiger partial charge is 0.508 e. The fourth-order valence-corrected chi connectivity index (χ4v) is 2.49. The van der Waals surface area contributed by atoms with Crippen molar-refractivity contribution in [3.63, 3.8) is 0 Å². The van der Waals surface area contributed by atoms with Gasteiger partial charge in [0.25, 0.3) is 0 Å². The molecule has 0 spiro atoms.